The van der Waals surface area contributed by atoms with E-state index in [2.05, 4.69) is 49.4 Å². The third-order valence-electron chi connectivity index (χ3n) is 8.75. The Balaban J connectivity index is 1.02. The predicted octanol–water partition coefficient (Wildman–Crippen LogP) is 5.36. The largest absolute Gasteiger partial charge is 0.506 e. The molecule has 3 heterocycles. The molecule has 2 aromatic heterocycles. The molecule has 1 saturated heterocycles. The third-order valence-corrected chi connectivity index (χ3v) is 11.1. The van der Waals surface area contributed by atoms with Crippen LogP contribution in [0.25, 0.3) is 11.1 Å². The van der Waals surface area contributed by atoms with Crippen molar-refractivity contribution in [2.75, 3.05) is 48.7 Å². The Bertz CT molecular complexity index is 2180. The number of hydrogen-bond acceptors (Lipinski definition) is 13. The van der Waals surface area contributed by atoms with Crippen LogP contribution in [0.2, 0.25) is 0 Å². The van der Waals surface area contributed by atoms with Crippen molar-refractivity contribution in [3.63, 3.8) is 0 Å². The Labute approximate surface area is 311 Å². The van der Waals surface area contributed by atoms with E-state index in [1.807, 2.05) is 41.1 Å². The number of sulfonamides is 1. The van der Waals surface area contributed by atoms with E-state index in [1.54, 1.807) is 30.1 Å². The van der Waals surface area contributed by atoms with Crippen molar-refractivity contribution in [1.82, 2.24) is 24.8 Å². The van der Waals surface area contributed by atoms with Crippen LogP contribution in [0, 0.1) is 10.1 Å². The van der Waals surface area contributed by atoms with Crippen LogP contribution in [0.15, 0.2) is 107 Å². The minimum Gasteiger partial charge on any atom is -0.506 e. The zero-order valence-electron chi connectivity index (χ0n) is 28.9. The molecule has 1 aliphatic rings. The van der Waals surface area contributed by atoms with E-state index >= 15 is 0 Å². The average Bonchev–Trinajstić information content (AvgIpc) is 3.17. The maximum atomic E-state index is 13.1. The molecule has 1 amide bonds. The van der Waals surface area contributed by atoms with E-state index in [0.717, 1.165) is 48.1 Å². The van der Waals surface area contributed by atoms with Gasteiger partial charge in [0, 0.05) is 67.7 Å². The number of carbonyl (C=O) groups is 1. The molecule has 5 aromatic rings. The number of aryl methyl sites for hydroxylation is 1. The molecular weight excluding hydrogens is 717 g/mol. The molecule has 0 bridgehead atoms. The van der Waals surface area contributed by atoms with Gasteiger partial charge in [0.1, 0.15) is 11.4 Å². The van der Waals surface area contributed by atoms with Gasteiger partial charge in [-0.1, -0.05) is 43.3 Å². The minimum atomic E-state index is -4.46. The fraction of sp³-hybridized carbons (Fsp3) is 0.243. The molecule has 6 rings (SSSR count). The first-order valence-corrected chi connectivity index (χ1v) is 19.4. The Morgan fingerprint density at radius 1 is 0.925 bits per heavy atom. The molecule has 0 aliphatic carbocycles. The molecule has 0 saturated carbocycles. The van der Waals surface area contributed by atoms with E-state index in [4.69, 9.17) is 0 Å². The van der Waals surface area contributed by atoms with E-state index in [0.29, 0.717) is 31.2 Å². The number of amides is 1. The van der Waals surface area contributed by atoms with Gasteiger partial charge in [-0.3, -0.25) is 24.8 Å². The van der Waals surface area contributed by atoms with E-state index in [1.165, 1.54) is 35.5 Å². The number of piperazine rings is 1. The number of rotatable bonds is 14. The zero-order chi connectivity index (χ0) is 37.4. The van der Waals surface area contributed by atoms with Crippen LogP contribution in [0.1, 0.15) is 28.5 Å². The van der Waals surface area contributed by atoms with Crippen molar-refractivity contribution in [1.29, 1.82) is 0 Å². The standard InChI is InChI=1S/C37H38N8O6S2/c1-2-26-20-27(29-21-30(46)24-38-23-29)8-9-28(26)25-43-15-17-44(18-16-43)36-13-12-34(40-41-36)37(47)42-53(50,51)32-10-11-33(35(22-32)45(48)49)39-14-19-52-31-6-4-3-5-7-31/h3-13,20-24,39,46H,2,14-19,25H2,1H3,(H,42,47). The number of hydrogen-bond donors (Lipinski definition) is 3. The van der Waals surface area contributed by atoms with E-state index in [9.17, 15) is 28.4 Å². The van der Waals surface area contributed by atoms with Crippen molar-refractivity contribution in [2.45, 2.75) is 29.7 Å². The van der Waals surface area contributed by atoms with Gasteiger partial charge in [-0.15, -0.1) is 22.0 Å². The van der Waals surface area contributed by atoms with Crippen LogP contribution >= 0.6 is 11.8 Å². The number of aromatic nitrogens is 3. The summed E-state index contributed by atoms with van der Waals surface area (Å²) in [7, 11) is -4.46. The predicted molar refractivity (Wildman–Crippen MR) is 204 cm³/mol. The first-order chi connectivity index (χ1) is 25.6. The summed E-state index contributed by atoms with van der Waals surface area (Å²) in [6.45, 7) is 6.22. The van der Waals surface area contributed by atoms with Crippen molar-refractivity contribution < 1.29 is 23.2 Å². The lowest BCUT2D eigenvalue weighted by Crippen LogP contribution is -2.46. The van der Waals surface area contributed by atoms with Crippen LogP contribution in [0.4, 0.5) is 17.2 Å². The maximum Gasteiger partial charge on any atom is 0.293 e. The quantitative estimate of drug-likeness (QED) is 0.0571. The lowest BCUT2D eigenvalue weighted by atomic mass is 9.98. The number of nitrogens with zero attached hydrogens (tertiary/aromatic N) is 6. The summed E-state index contributed by atoms with van der Waals surface area (Å²) in [4.78, 5) is 33.2. The number of carbonyl (C=O) groups excluding carboxylic acids is 1. The normalized spacial score (nSPS) is 13.4. The molecule has 1 fully saturated rings. The highest BCUT2D eigenvalue weighted by atomic mass is 32.2. The highest BCUT2D eigenvalue weighted by Gasteiger charge is 2.25. The second kappa shape index (κ2) is 16.8. The molecule has 0 spiro atoms. The van der Waals surface area contributed by atoms with Crippen molar-refractivity contribution >= 4 is 44.9 Å². The molecule has 0 unspecified atom stereocenters. The minimum absolute atomic E-state index is 0.128. The smallest absolute Gasteiger partial charge is 0.293 e. The summed E-state index contributed by atoms with van der Waals surface area (Å²) in [6, 6.07) is 24.2. The maximum absolute atomic E-state index is 13.1. The van der Waals surface area contributed by atoms with Gasteiger partial charge in [0.05, 0.1) is 16.0 Å². The summed E-state index contributed by atoms with van der Waals surface area (Å²) < 4.78 is 28.1. The lowest BCUT2D eigenvalue weighted by molar-refractivity contribution is -0.384. The van der Waals surface area contributed by atoms with Gasteiger partial charge in [0.15, 0.2) is 11.5 Å². The Morgan fingerprint density at radius 2 is 1.72 bits per heavy atom. The molecule has 16 heteroatoms. The van der Waals surface area contributed by atoms with Gasteiger partial charge < -0.3 is 15.3 Å². The zero-order valence-corrected chi connectivity index (χ0v) is 30.5. The Kier molecular flexibility index (Phi) is 11.8. The second-order valence-corrected chi connectivity index (χ2v) is 15.1. The molecule has 0 atom stereocenters. The summed E-state index contributed by atoms with van der Waals surface area (Å²) in [6.07, 6.45) is 4.01. The lowest BCUT2D eigenvalue weighted by Gasteiger charge is -2.35. The number of pyridine rings is 1. The molecule has 3 aromatic carbocycles. The van der Waals surface area contributed by atoms with Gasteiger partial charge in [0.2, 0.25) is 0 Å². The van der Waals surface area contributed by atoms with E-state index in [-0.39, 0.29) is 17.1 Å². The van der Waals surface area contributed by atoms with Crippen molar-refractivity contribution in [2.24, 2.45) is 0 Å². The van der Waals surface area contributed by atoms with Crippen molar-refractivity contribution in [3.8, 4) is 16.9 Å². The SMILES string of the molecule is CCc1cc(-c2cncc(O)c2)ccc1CN1CCN(c2ccc(C(=O)NS(=O)(=O)c3ccc(NCCSc4ccccc4)c([N+](=O)[O-])c3)nn2)CC1. The van der Waals surface area contributed by atoms with Crippen LogP contribution in [-0.4, -0.2) is 82.9 Å². The number of thioether (sulfide) groups is 1. The van der Waals surface area contributed by atoms with E-state index < -0.39 is 31.4 Å². The highest BCUT2D eigenvalue weighted by molar-refractivity contribution is 7.99. The van der Waals surface area contributed by atoms with Gasteiger partial charge in [0.25, 0.3) is 21.6 Å². The van der Waals surface area contributed by atoms with Crippen LogP contribution in [-0.2, 0) is 23.0 Å². The molecule has 3 N–H and O–H groups in total. The fourth-order valence-corrected chi connectivity index (χ4v) is 7.72. The first-order valence-electron chi connectivity index (χ1n) is 16.9. The summed E-state index contributed by atoms with van der Waals surface area (Å²) in [5, 5.41) is 32.8. The number of anilines is 2. The number of benzene rings is 3. The number of nitrogens with one attached hydrogen (secondary N) is 2. The number of nitro benzene ring substituents is 1. The molecule has 1 aliphatic heterocycles. The second-order valence-electron chi connectivity index (χ2n) is 12.3. The van der Waals surface area contributed by atoms with Gasteiger partial charge in [-0.25, -0.2) is 13.1 Å². The Hall–Kier alpha value is -5.58. The van der Waals surface area contributed by atoms with Gasteiger partial charge >= 0.3 is 0 Å². The summed E-state index contributed by atoms with van der Waals surface area (Å²) in [5.41, 5.74) is 3.85. The van der Waals surface area contributed by atoms with Gasteiger partial charge in [-0.05, 0) is 65.6 Å². The van der Waals surface area contributed by atoms with Crippen molar-refractivity contribution in [3.05, 3.63) is 124 Å². The topological polar surface area (TPSA) is 184 Å². The third kappa shape index (κ3) is 9.46. The number of aromatic hydroxyl groups is 1. The summed E-state index contributed by atoms with van der Waals surface area (Å²) >= 11 is 1.58. The molecule has 14 nitrogen and oxygen atoms in total. The average molecular weight is 755 g/mol. The molecule has 274 valence electrons. The first kappa shape index (κ1) is 37.2. The monoisotopic (exact) mass is 754 g/mol. The highest BCUT2D eigenvalue weighted by Crippen LogP contribution is 2.29. The summed E-state index contributed by atoms with van der Waals surface area (Å²) in [5.74, 6) is 0.312. The van der Waals surface area contributed by atoms with Crippen LogP contribution < -0.4 is 14.9 Å². The van der Waals surface area contributed by atoms with Crippen LogP contribution in [0.5, 0.6) is 5.75 Å². The van der Waals surface area contributed by atoms with Crippen LogP contribution in [0.3, 0.4) is 0 Å². The number of nitro groups is 1. The van der Waals surface area contributed by atoms with Gasteiger partial charge in [-0.2, -0.15) is 0 Å². The fourth-order valence-electron chi connectivity index (χ4n) is 5.95. The Morgan fingerprint density at radius 3 is 2.42 bits per heavy atom. The molecular formula is C37H38N8O6S2. The molecule has 0 radical (unpaired) electrons. The molecule has 53 heavy (non-hydrogen) atoms.